The summed E-state index contributed by atoms with van der Waals surface area (Å²) in [5.74, 6) is 4.07. The highest BCUT2D eigenvalue weighted by Crippen LogP contribution is 2.69. The highest BCUT2D eigenvalue weighted by Gasteiger charge is 2.63. The van der Waals surface area contributed by atoms with Crippen LogP contribution in [0.15, 0.2) is 0 Å². The van der Waals surface area contributed by atoms with Crippen LogP contribution in [0.5, 0.6) is 0 Å². The Morgan fingerprint density at radius 3 is 2.50 bits per heavy atom. The van der Waals surface area contributed by atoms with Crippen LogP contribution in [0.1, 0.15) is 78.6 Å². The Bertz CT molecular complexity index is 650. The molecule has 0 aromatic rings. The van der Waals surface area contributed by atoms with Crippen molar-refractivity contribution >= 4 is 0 Å². The summed E-state index contributed by atoms with van der Waals surface area (Å²) in [6.45, 7) is 7.81. The number of nitriles is 1. The standard InChI is InChI=1S/C25H41NO4/c1-16(9-12-26)19-5-6-20-23-21(8-11-25(19,20)3)24(2)10-7-17(15-29-27)13-18(24)14-22(23)30-28-4/h16-23,27H,5-11,13-15H2,1-4H3/t16-,17-,18+,19-,20+,21+,22-,23+,24+,25-/m1/s1. The minimum atomic E-state index is 0.154. The van der Waals surface area contributed by atoms with Gasteiger partial charge in [-0.15, -0.1) is 0 Å². The lowest BCUT2D eigenvalue weighted by molar-refractivity contribution is -0.345. The van der Waals surface area contributed by atoms with E-state index in [1.54, 1.807) is 7.11 Å². The molecule has 4 rings (SSSR count). The second-order valence-electron chi connectivity index (χ2n) is 11.5. The van der Waals surface area contributed by atoms with E-state index >= 15 is 0 Å². The van der Waals surface area contributed by atoms with Crippen molar-refractivity contribution in [2.45, 2.75) is 84.7 Å². The third kappa shape index (κ3) is 3.52. The van der Waals surface area contributed by atoms with Crippen molar-refractivity contribution in [3.8, 4) is 6.07 Å². The van der Waals surface area contributed by atoms with Crippen molar-refractivity contribution in [3.63, 3.8) is 0 Å². The van der Waals surface area contributed by atoms with Crippen LogP contribution in [0.3, 0.4) is 0 Å². The number of nitrogens with zero attached hydrogens (tertiary/aromatic N) is 1. The molecule has 0 bridgehead atoms. The van der Waals surface area contributed by atoms with Gasteiger partial charge in [-0.05, 0) is 104 Å². The lowest BCUT2D eigenvalue weighted by atomic mass is 9.43. The summed E-state index contributed by atoms with van der Waals surface area (Å²) in [5, 5.41) is 18.3. The molecule has 10 atom stereocenters. The minimum Gasteiger partial charge on any atom is -0.252 e. The Kier molecular flexibility index (Phi) is 6.53. The maximum atomic E-state index is 9.29. The van der Waals surface area contributed by atoms with E-state index in [9.17, 15) is 5.26 Å². The summed E-state index contributed by atoms with van der Waals surface area (Å²) < 4.78 is 0. The number of hydrogen-bond acceptors (Lipinski definition) is 5. The van der Waals surface area contributed by atoms with Gasteiger partial charge in [0, 0.05) is 6.42 Å². The van der Waals surface area contributed by atoms with Crippen molar-refractivity contribution in [1.29, 1.82) is 5.26 Å². The fraction of sp³-hybridized carbons (Fsp3) is 0.960. The molecule has 0 unspecified atom stereocenters. The first-order valence-electron chi connectivity index (χ1n) is 12.2. The average molecular weight is 420 g/mol. The predicted octanol–water partition coefficient (Wildman–Crippen LogP) is 5.86. The van der Waals surface area contributed by atoms with Crippen LogP contribution in [0, 0.1) is 63.6 Å². The summed E-state index contributed by atoms with van der Waals surface area (Å²) in [6.07, 6.45) is 10.4. The van der Waals surface area contributed by atoms with E-state index < -0.39 is 0 Å². The van der Waals surface area contributed by atoms with Crippen molar-refractivity contribution in [2.75, 3.05) is 13.7 Å². The largest absolute Gasteiger partial charge is 0.252 e. The maximum absolute atomic E-state index is 9.29. The van der Waals surface area contributed by atoms with Gasteiger partial charge in [0.05, 0.1) is 25.9 Å². The highest BCUT2D eigenvalue weighted by molar-refractivity contribution is 5.12. The molecule has 4 aliphatic carbocycles. The number of fused-ring (bicyclic) bond motifs is 5. The Morgan fingerprint density at radius 2 is 1.80 bits per heavy atom. The molecule has 0 aromatic carbocycles. The molecule has 4 fully saturated rings. The Labute approximate surface area is 182 Å². The van der Waals surface area contributed by atoms with Crippen molar-refractivity contribution in [2.24, 2.45) is 52.3 Å². The van der Waals surface area contributed by atoms with Crippen LogP contribution in [0.4, 0.5) is 0 Å². The molecule has 0 heterocycles. The third-order valence-electron chi connectivity index (χ3n) is 10.5. The topological polar surface area (TPSA) is 71.7 Å². The second kappa shape index (κ2) is 8.70. The molecule has 0 radical (unpaired) electrons. The van der Waals surface area contributed by atoms with E-state index in [-0.39, 0.29) is 6.10 Å². The summed E-state index contributed by atoms with van der Waals surface area (Å²) in [5.41, 5.74) is 0.666. The molecule has 170 valence electrons. The third-order valence-corrected chi connectivity index (χ3v) is 10.5. The van der Waals surface area contributed by atoms with Gasteiger partial charge in [0.25, 0.3) is 0 Å². The Morgan fingerprint density at radius 1 is 1.07 bits per heavy atom. The molecule has 4 aliphatic rings. The molecular formula is C25H41NO4. The van der Waals surface area contributed by atoms with Gasteiger partial charge in [0.2, 0.25) is 0 Å². The lowest BCUT2D eigenvalue weighted by Gasteiger charge is -2.63. The van der Waals surface area contributed by atoms with Crippen LogP contribution in [0.25, 0.3) is 0 Å². The second-order valence-corrected chi connectivity index (χ2v) is 11.5. The minimum absolute atomic E-state index is 0.154. The zero-order chi connectivity index (χ0) is 21.5. The summed E-state index contributed by atoms with van der Waals surface area (Å²) >= 11 is 0. The van der Waals surface area contributed by atoms with E-state index in [4.69, 9.17) is 15.0 Å². The molecule has 5 nitrogen and oxygen atoms in total. The Hall–Kier alpha value is -0.670. The van der Waals surface area contributed by atoms with E-state index in [1.165, 1.54) is 32.1 Å². The first kappa shape index (κ1) is 22.5. The van der Waals surface area contributed by atoms with Crippen LogP contribution >= 0.6 is 0 Å². The van der Waals surface area contributed by atoms with E-state index in [1.807, 2.05) is 0 Å². The molecule has 0 amide bonds. The van der Waals surface area contributed by atoms with E-state index in [0.29, 0.717) is 65.3 Å². The predicted molar refractivity (Wildman–Crippen MR) is 114 cm³/mol. The van der Waals surface area contributed by atoms with Gasteiger partial charge >= 0.3 is 0 Å². The van der Waals surface area contributed by atoms with Gasteiger partial charge in [-0.1, -0.05) is 20.8 Å². The molecule has 0 saturated heterocycles. The molecule has 30 heavy (non-hydrogen) atoms. The molecular weight excluding hydrogens is 378 g/mol. The average Bonchev–Trinajstić information content (AvgIpc) is 3.07. The van der Waals surface area contributed by atoms with Crippen LogP contribution in [-0.4, -0.2) is 25.1 Å². The lowest BCUT2D eigenvalue weighted by Crippen LogP contribution is -2.59. The SMILES string of the molecule is COO[C@@H]1C[C@@H]2C[C@H](COO)CC[C@]2(C)[C@H]2CC[C@]3(C)[C@@H]([C@H](C)CC#N)CC[C@H]3[C@H]12. The molecule has 4 saturated carbocycles. The quantitative estimate of drug-likeness (QED) is 0.431. The summed E-state index contributed by atoms with van der Waals surface area (Å²) in [7, 11) is 1.65. The number of rotatable bonds is 6. The molecule has 5 heteroatoms. The maximum Gasteiger partial charge on any atom is 0.0966 e. The van der Waals surface area contributed by atoms with Crippen molar-refractivity contribution in [3.05, 3.63) is 0 Å². The van der Waals surface area contributed by atoms with Gasteiger partial charge in [-0.25, -0.2) is 14.7 Å². The fourth-order valence-electron chi connectivity index (χ4n) is 9.03. The van der Waals surface area contributed by atoms with Crippen LogP contribution in [0.2, 0.25) is 0 Å². The first-order valence-corrected chi connectivity index (χ1v) is 12.2. The zero-order valence-corrected chi connectivity index (χ0v) is 19.3. The zero-order valence-electron chi connectivity index (χ0n) is 19.3. The highest BCUT2D eigenvalue weighted by atomic mass is 17.2. The van der Waals surface area contributed by atoms with Gasteiger partial charge < -0.3 is 0 Å². The first-order chi connectivity index (χ1) is 14.4. The molecule has 0 aliphatic heterocycles. The number of hydrogen-bond donors (Lipinski definition) is 1. The summed E-state index contributed by atoms with van der Waals surface area (Å²) in [6, 6.07) is 2.43. The monoisotopic (exact) mass is 419 g/mol. The summed E-state index contributed by atoms with van der Waals surface area (Å²) in [4.78, 5) is 15.8. The smallest absolute Gasteiger partial charge is 0.0966 e. The normalized spacial score (nSPS) is 48.9. The van der Waals surface area contributed by atoms with Gasteiger partial charge in [-0.3, -0.25) is 5.26 Å². The fourth-order valence-corrected chi connectivity index (χ4v) is 9.03. The van der Waals surface area contributed by atoms with E-state index in [2.05, 4.69) is 31.7 Å². The van der Waals surface area contributed by atoms with Crippen molar-refractivity contribution < 1.29 is 19.9 Å². The van der Waals surface area contributed by atoms with Crippen LogP contribution < -0.4 is 0 Å². The van der Waals surface area contributed by atoms with Gasteiger partial charge in [0.15, 0.2) is 0 Å². The van der Waals surface area contributed by atoms with E-state index in [0.717, 1.165) is 19.3 Å². The van der Waals surface area contributed by atoms with Gasteiger partial charge in [-0.2, -0.15) is 5.26 Å². The molecule has 0 aromatic heterocycles. The van der Waals surface area contributed by atoms with Gasteiger partial charge in [0.1, 0.15) is 0 Å². The molecule has 0 spiro atoms. The van der Waals surface area contributed by atoms with Crippen molar-refractivity contribution in [1.82, 2.24) is 0 Å². The molecule has 1 N–H and O–H groups in total. The Balaban J connectivity index is 1.61. The van der Waals surface area contributed by atoms with Crippen LogP contribution in [-0.2, 0) is 14.7 Å².